The zero-order valence-electron chi connectivity index (χ0n) is 20.4. The van der Waals surface area contributed by atoms with Crippen LogP contribution in [0.5, 0.6) is 0 Å². The monoisotopic (exact) mass is 499 g/mol. The fourth-order valence-corrected chi connectivity index (χ4v) is 4.44. The van der Waals surface area contributed by atoms with Gasteiger partial charge in [-0.3, -0.25) is 4.79 Å². The van der Waals surface area contributed by atoms with Gasteiger partial charge in [0.1, 0.15) is 17.6 Å². The first-order valence-corrected chi connectivity index (χ1v) is 12.3. The summed E-state index contributed by atoms with van der Waals surface area (Å²) in [6.07, 6.45) is 0.831. The fourth-order valence-electron chi connectivity index (χ4n) is 4.44. The summed E-state index contributed by atoms with van der Waals surface area (Å²) in [6.45, 7) is 2.19. The summed E-state index contributed by atoms with van der Waals surface area (Å²) in [4.78, 5) is 28.5. The number of aromatic nitrogens is 1. The lowest BCUT2D eigenvalue weighted by molar-refractivity contribution is -0.214. The van der Waals surface area contributed by atoms with Gasteiger partial charge in [-0.25, -0.2) is 4.98 Å². The lowest BCUT2D eigenvalue weighted by Gasteiger charge is -2.36. The second-order valence-corrected chi connectivity index (χ2v) is 10.5. The lowest BCUT2D eigenvalue weighted by atomic mass is 9.79. The molecule has 1 amide bonds. The molecule has 7 nitrogen and oxygen atoms in total. The topological polar surface area (TPSA) is 101 Å². The van der Waals surface area contributed by atoms with E-state index in [-0.39, 0.29) is 19.1 Å². The molecular formula is C25H36F3N3O4. The van der Waals surface area contributed by atoms with Gasteiger partial charge in [0.05, 0.1) is 18.1 Å². The Morgan fingerprint density at radius 3 is 2.71 bits per heavy atom. The van der Waals surface area contributed by atoms with Gasteiger partial charge in [0.2, 0.25) is 5.91 Å². The fraction of sp³-hybridized carbons (Fsp3) is 0.720. The maximum atomic E-state index is 13.1. The van der Waals surface area contributed by atoms with Crippen molar-refractivity contribution in [2.24, 2.45) is 11.3 Å². The van der Waals surface area contributed by atoms with E-state index in [0.29, 0.717) is 12.2 Å². The minimum atomic E-state index is -4.57. The van der Waals surface area contributed by atoms with Crippen molar-refractivity contribution in [2.45, 2.75) is 83.0 Å². The van der Waals surface area contributed by atoms with E-state index < -0.39 is 36.1 Å². The highest BCUT2D eigenvalue weighted by Gasteiger charge is 2.49. The van der Waals surface area contributed by atoms with Gasteiger partial charge in [0.25, 0.3) is 0 Å². The summed E-state index contributed by atoms with van der Waals surface area (Å²) < 4.78 is 45.0. The number of aldehydes is 1. The number of aliphatic hydroxyl groups is 1. The number of aryl methyl sites for hydroxylation is 2. The normalized spacial score (nSPS) is 21.8. The molecule has 196 valence electrons. The van der Waals surface area contributed by atoms with E-state index in [0.717, 1.165) is 70.4 Å². The van der Waals surface area contributed by atoms with Gasteiger partial charge in [0.15, 0.2) is 0 Å². The number of hydrogen-bond acceptors (Lipinski definition) is 6. The number of halogens is 3. The maximum Gasteiger partial charge on any atom is 0.394 e. The lowest BCUT2D eigenvalue weighted by Crippen LogP contribution is -2.55. The van der Waals surface area contributed by atoms with Gasteiger partial charge in [-0.2, -0.15) is 13.2 Å². The van der Waals surface area contributed by atoms with E-state index >= 15 is 0 Å². The number of nitrogens with one attached hydrogen (secondary N) is 2. The minimum absolute atomic E-state index is 0.0155. The van der Waals surface area contributed by atoms with Crippen molar-refractivity contribution in [2.75, 3.05) is 25.1 Å². The molecule has 1 aromatic rings. The average molecular weight is 500 g/mol. The molecular weight excluding hydrogens is 463 g/mol. The molecule has 3 rings (SSSR count). The van der Waals surface area contributed by atoms with Gasteiger partial charge in [-0.15, -0.1) is 0 Å². The quantitative estimate of drug-likeness (QED) is 0.380. The number of aliphatic hydroxyl groups excluding tert-OH is 1. The van der Waals surface area contributed by atoms with Crippen LogP contribution < -0.4 is 10.6 Å². The number of carbonyl (C=O) groups is 2. The number of pyridine rings is 1. The molecule has 0 radical (unpaired) electrons. The molecule has 0 saturated heterocycles. The SMILES string of the molecule is CC(C)(CC(=O)N[C@](C=O)(CO)CCO[C@H]1C[C@@H](CCc2ccc3c(n2)NCCC3)C1)C(F)(F)F. The zero-order chi connectivity index (χ0) is 25.7. The Balaban J connectivity index is 1.38. The number of hydrogen-bond donors (Lipinski definition) is 3. The first-order chi connectivity index (χ1) is 16.5. The van der Waals surface area contributed by atoms with Gasteiger partial charge < -0.3 is 25.3 Å². The van der Waals surface area contributed by atoms with Crippen molar-refractivity contribution in [1.29, 1.82) is 0 Å². The van der Waals surface area contributed by atoms with Crippen LogP contribution in [0.25, 0.3) is 0 Å². The highest BCUT2D eigenvalue weighted by atomic mass is 19.4. The highest BCUT2D eigenvalue weighted by molar-refractivity contribution is 5.82. The molecule has 1 aliphatic heterocycles. The molecule has 1 saturated carbocycles. The van der Waals surface area contributed by atoms with Crippen LogP contribution in [0.2, 0.25) is 0 Å². The van der Waals surface area contributed by atoms with E-state index in [1.54, 1.807) is 0 Å². The molecule has 3 N–H and O–H groups in total. The predicted molar refractivity (Wildman–Crippen MR) is 125 cm³/mol. The Kier molecular flexibility index (Phi) is 8.80. The van der Waals surface area contributed by atoms with Gasteiger partial charge in [0, 0.05) is 31.7 Å². The molecule has 0 aromatic carbocycles. The van der Waals surface area contributed by atoms with E-state index in [4.69, 9.17) is 9.72 Å². The van der Waals surface area contributed by atoms with Crippen LogP contribution in [0.15, 0.2) is 12.1 Å². The standard InChI is InChI=1S/C25H36F3N3O4/c1-23(2,25(26,27)28)14-21(34)31-24(15-32,16-33)9-11-35-20-12-17(13-20)5-7-19-8-6-18-4-3-10-29-22(18)30-19/h6,8,15,17,20,33H,3-5,7,9-14,16H2,1-2H3,(H,29,30)(H,31,34)/t17-,20+,24-/m1/s1. The van der Waals surface area contributed by atoms with E-state index in [9.17, 15) is 27.9 Å². The summed E-state index contributed by atoms with van der Waals surface area (Å²) in [5.41, 5.74) is -1.56. The van der Waals surface area contributed by atoms with Crippen molar-refractivity contribution < 1.29 is 32.6 Å². The molecule has 1 aliphatic carbocycles. The number of nitrogens with zero attached hydrogens (tertiary/aromatic N) is 1. The number of amides is 1. The Labute approximate surface area is 204 Å². The van der Waals surface area contributed by atoms with Crippen LogP contribution in [0.1, 0.15) is 63.6 Å². The first-order valence-electron chi connectivity index (χ1n) is 12.3. The maximum absolute atomic E-state index is 13.1. The zero-order valence-corrected chi connectivity index (χ0v) is 20.4. The molecule has 2 heterocycles. The molecule has 35 heavy (non-hydrogen) atoms. The van der Waals surface area contributed by atoms with Gasteiger partial charge in [-0.05, 0) is 56.1 Å². The number of fused-ring (bicyclic) bond motifs is 1. The number of alkyl halides is 3. The third-order valence-electron chi connectivity index (χ3n) is 7.12. The molecule has 1 aromatic heterocycles. The average Bonchev–Trinajstić information content (AvgIpc) is 2.77. The van der Waals surface area contributed by atoms with E-state index in [1.165, 1.54) is 5.56 Å². The van der Waals surface area contributed by atoms with Crippen molar-refractivity contribution in [3.63, 3.8) is 0 Å². The van der Waals surface area contributed by atoms with E-state index in [2.05, 4.69) is 22.8 Å². The second kappa shape index (κ2) is 11.2. The predicted octanol–water partition coefficient (Wildman–Crippen LogP) is 3.58. The van der Waals surface area contributed by atoms with Crippen molar-refractivity contribution in [3.8, 4) is 0 Å². The van der Waals surface area contributed by atoms with Crippen LogP contribution in [-0.2, 0) is 27.2 Å². The van der Waals surface area contributed by atoms with Crippen LogP contribution in [0.4, 0.5) is 19.0 Å². The largest absolute Gasteiger partial charge is 0.394 e. The molecule has 1 fully saturated rings. The minimum Gasteiger partial charge on any atom is -0.393 e. The summed E-state index contributed by atoms with van der Waals surface area (Å²) in [6, 6.07) is 4.25. The molecule has 10 heteroatoms. The molecule has 0 spiro atoms. The summed E-state index contributed by atoms with van der Waals surface area (Å²) in [5.74, 6) is 0.576. The van der Waals surface area contributed by atoms with Crippen molar-refractivity contribution in [3.05, 3.63) is 23.4 Å². The summed E-state index contributed by atoms with van der Waals surface area (Å²) >= 11 is 0. The van der Waals surface area contributed by atoms with Crippen LogP contribution in [-0.4, -0.2) is 59.9 Å². The summed E-state index contributed by atoms with van der Waals surface area (Å²) in [5, 5.41) is 15.3. The number of anilines is 1. The molecule has 0 unspecified atom stereocenters. The van der Waals surface area contributed by atoms with Crippen LogP contribution >= 0.6 is 0 Å². The highest BCUT2D eigenvalue weighted by Crippen LogP contribution is 2.40. The smallest absolute Gasteiger partial charge is 0.393 e. The molecule has 2 aliphatic rings. The van der Waals surface area contributed by atoms with Crippen LogP contribution in [0, 0.1) is 11.3 Å². The number of carbonyl (C=O) groups excluding carboxylic acids is 2. The number of rotatable bonds is 12. The third kappa shape index (κ3) is 7.16. The molecule has 1 atom stereocenters. The summed E-state index contributed by atoms with van der Waals surface area (Å²) in [7, 11) is 0. The Hall–Kier alpha value is -2.20. The van der Waals surface area contributed by atoms with Crippen molar-refractivity contribution >= 4 is 18.0 Å². The number of ether oxygens (including phenoxy) is 1. The Bertz CT molecular complexity index is 887. The van der Waals surface area contributed by atoms with Gasteiger partial charge >= 0.3 is 6.18 Å². The Morgan fingerprint density at radius 1 is 1.31 bits per heavy atom. The molecule has 0 bridgehead atoms. The van der Waals surface area contributed by atoms with Crippen molar-refractivity contribution in [1.82, 2.24) is 10.3 Å². The first kappa shape index (κ1) is 27.4. The van der Waals surface area contributed by atoms with E-state index in [1.807, 2.05) is 0 Å². The second-order valence-electron chi connectivity index (χ2n) is 10.5. The third-order valence-corrected chi connectivity index (χ3v) is 7.12. The Morgan fingerprint density at radius 2 is 2.06 bits per heavy atom. The van der Waals surface area contributed by atoms with Gasteiger partial charge in [-0.1, -0.05) is 19.9 Å². The van der Waals surface area contributed by atoms with Crippen LogP contribution in [0.3, 0.4) is 0 Å².